The number of rotatable bonds is 2. The number of anilines is 1. The molecular weight excluding hydrogens is 308 g/mol. The molecule has 0 bridgehead atoms. The first-order chi connectivity index (χ1) is 9.02. The lowest BCUT2D eigenvalue weighted by Gasteiger charge is -2.38. The van der Waals surface area contributed by atoms with E-state index in [2.05, 4.69) is 28.9 Å². The first-order valence-corrected chi connectivity index (χ1v) is 7.01. The van der Waals surface area contributed by atoms with E-state index in [1.165, 1.54) is 0 Å². The van der Waals surface area contributed by atoms with Crippen molar-refractivity contribution in [3.05, 3.63) is 28.2 Å². The van der Waals surface area contributed by atoms with Crippen LogP contribution in [0.15, 0.2) is 22.7 Å². The van der Waals surface area contributed by atoms with E-state index in [-0.39, 0.29) is 0 Å². The number of benzene rings is 1. The largest absolute Gasteiger partial charge is 0.480 e. The smallest absolute Gasteiger partial charge is 0.326 e. The highest BCUT2D eigenvalue weighted by molar-refractivity contribution is 9.10. The molecule has 0 saturated carbocycles. The number of aliphatic carboxylic acids is 1. The third-order valence-electron chi connectivity index (χ3n) is 3.54. The van der Waals surface area contributed by atoms with Crippen molar-refractivity contribution in [3.63, 3.8) is 0 Å². The van der Waals surface area contributed by atoms with Crippen molar-refractivity contribution in [2.75, 3.05) is 11.4 Å². The zero-order chi connectivity index (χ0) is 14.0. The molecule has 2 unspecified atom stereocenters. The van der Waals surface area contributed by atoms with Gasteiger partial charge in [-0.2, -0.15) is 5.26 Å². The van der Waals surface area contributed by atoms with Gasteiger partial charge >= 0.3 is 5.97 Å². The molecule has 4 nitrogen and oxygen atoms in total. The minimum absolute atomic E-state index is 0.401. The lowest BCUT2D eigenvalue weighted by atomic mass is 9.91. The maximum atomic E-state index is 11.4. The summed E-state index contributed by atoms with van der Waals surface area (Å²) in [7, 11) is 0. The Balaban J connectivity index is 2.39. The highest BCUT2D eigenvalue weighted by Crippen LogP contribution is 2.31. The SMILES string of the molecule is CC1CCN(c2ccc(Br)cc2C#N)C(C(=O)O)C1. The molecule has 1 aromatic carbocycles. The van der Waals surface area contributed by atoms with Crippen LogP contribution < -0.4 is 4.90 Å². The maximum absolute atomic E-state index is 11.4. The monoisotopic (exact) mass is 322 g/mol. The van der Waals surface area contributed by atoms with E-state index in [0.29, 0.717) is 30.1 Å². The minimum Gasteiger partial charge on any atom is -0.480 e. The average molecular weight is 323 g/mol. The molecule has 0 radical (unpaired) electrons. The fourth-order valence-corrected chi connectivity index (χ4v) is 2.87. The Bertz CT molecular complexity index is 539. The van der Waals surface area contributed by atoms with Crippen LogP contribution in [-0.4, -0.2) is 23.7 Å². The molecule has 1 aromatic rings. The van der Waals surface area contributed by atoms with Crippen LogP contribution in [0.2, 0.25) is 0 Å². The van der Waals surface area contributed by atoms with Crippen LogP contribution in [0.5, 0.6) is 0 Å². The van der Waals surface area contributed by atoms with Crippen molar-refractivity contribution in [1.29, 1.82) is 5.26 Å². The first-order valence-electron chi connectivity index (χ1n) is 6.22. The molecule has 0 amide bonds. The number of hydrogen-bond donors (Lipinski definition) is 1. The lowest BCUT2D eigenvalue weighted by Crippen LogP contribution is -2.47. The van der Waals surface area contributed by atoms with Gasteiger partial charge in [-0.25, -0.2) is 4.79 Å². The van der Waals surface area contributed by atoms with E-state index in [4.69, 9.17) is 0 Å². The molecule has 1 aliphatic heterocycles. The summed E-state index contributed by atoms with van der Waals surface area (Å²) in [5.41, 5.74) is 1.22. The maximum Gasteiger partial charge on any atom is 0.326 e. The van der Waals surface area contributed by atoms with Gasteiger partial charge in [0.15, 0.2) is 0 Å². The third kappa shape index (κ3) is 2.90. The van der Waals surface area contributed by atoms with E-state index in [1.807, 2.05) is 17.0 Å². The fraction of sp³-hybridized carbons (Fsp3) is 0.429. The van der Waals surface area contributed by atoms with Crippen LogP contribution >= 0.6 is 15.9 Å². The Labute approximate surface area is 120 Å². The van der Waals surface area contributed by atoms with Gasteiger partial charge < -0.3 is 10.0 Å². The standard InChI is InChI=1S/C14H15BrN2O2/c1-9-4-5-17(13(6-9)14(18)19)12-3-2-11(15)7-10(12)8-16/h2-3,7,9,13H,4-6H2,1H3,(H,18,19). The Kier molecular flexibility index (Phi) is 4.11. The van der Waals surface area contributed by atoms with Gasteiger partial charge in [0, 0.05) is 11.0 Å². The van der Waals surface area contributed by atoms with E-state index < -0.39 is 12.0 Å². The number of hydrogen-bond acceptors (Lipinski definition) is 3. The molecule has 1 heterocycles. The van der Waals surface area contributed by atoms with Crippen molar-refractivity contribution < 1.29 is 9.90 Å². The van der Waals surface area contributed by atoms with Gasteiger partial charge in [-0.1, -0.05) is 22.9 Å². The topological polar surface area (TPSA) is 64.3 Å². The van der Waals surface area contributed by atoms with Gasteiger partial charge in [0.1, 0.15) is 12.1 Å². The second kappa shape index (κ2) is 5.62. The van der Waals surface area contributed by atoms with E-state index in [0.717, 1.165) is 10.9 Å². The molecule has 2 atom stereocenters. The number of piperidine rings is 1. The van der Waals surface area contributed by atoms with Crippen molar-refractivity contribution in [3.8, 4) is 6.07 Å². The zero-order valence-corrected chi connectivity index (χ0v) is 12.2. The second-order valence-electron chi connectivity index (χ2n) is 4.95. The predicted molar refractivity (Wildman–Crippen MR) is 76.0 cm³/mol. The van der Waals surface area contributed by atoms with Gasteiger partial charge in [0.05, 0.1) is 11.3 Å². The Morgan fingerprint density at radius 2 is 2.32 bits per heavy atom. The van der Waals surface area contributed by atoms with Crippen LogP contribution in [0, 0.1) is 17.2 Å². The molecule has 19 heavy (non-hydrogen) atoms. The summed E-state index contributed by atoms with van der Waals surface area (Å²) in [6, 6.07) is 6.98. The van der Waals surface area contributed by atoms with E-state index >= 15 is 0 Å². The lowest BCUT2D eigenvalue weighted by molar-refractivity contribution is -0.139. The number of halogens is 1. The van der Waals surface area contributed by atoms with Crippen molar-refractivity contribution in [2.24, 2.45) is 5.92 Å². The van der Waals surface area contributed by atoms with Crippen LogP contribution in [-0.2, 0) is 4.79 Å². The summed E-state index contributed by atoms with van der Waals surface area (Å²) >= 11 is 3.33. The molecule has 1 saturated heterocycles. The van der Waals surface area contributed by atoms with E-state index in [9.17, 15) is 15.2 Å². The van der Waals surface area contributed by atoms with Gasteiger partial charge in [0.25, 0.3) is 0 Å². The number of nitrogens with zero attached hydrogens (tertiary/aromatic N) is 2. The fourth-order valence-electron chi connectivity index (χ4n) is 2.51. The number of carboxylic acids is 1. The second-order valence-corrected chi connectivity index (χ2v) is 5.87. The van der Waals surface area contributed by atoms with Crippen molar-refractivity contribution in [1.82, 2.24) is 0 Å². The molecule has 0 aliphatic carbocycles. The number of carbonyl (C=O) groups is 1. The molecular formula is C14H15BrN2O2. The Morgan fingerprint density at radius 1 is 1.58 bits per heavy atom. The van der Waals surface area contributed by atoms with Gasteiger partial charge in [-0.3, -0.25) is 0 Å². The molecule has 2 rings (SSSR count). The highest BCUT2D eigenvalue weighted by atomic mass is 79.9. The van der Waals surface area contributed by atoms with Gasteiger partial charge in [-0.15, -0.1) is 0 Å². The molecule has 1 fully saturated rings. The van der Waals surface area contributed by atoms with Gasteiger partial charge in [0.2, 0.25) is 0 Å². The zero-order valence-electron chi connectivity index (χ0n) is 10.6. The van der Waals surface area contributed by atoms with Crippen LogP contribution in [0.3, 0.4) is 0 Å². The average Bonchev–Trinajstić information content (AvgIpc) is 2.38. The third-order valence-corrected chi connectivity index (χ3v) is 4.03. The number of nitriles is 1. The molecule has 1 aliphatic rings. The summed E-state index contributed by atoms with van der Waals surface area (Å²) < 4.78 is 0.824. The van der Waals surface area contributed by atoms with Crippen LogP contribution in [0.4, 0.5) is 5.69 Å². The normalized spacial score (nSPS) is 22.9. The molecule has 100 valence electrons. The Hall–Kier alpha value is -1.54. The van der Waals surface area contributed by atoms with Crippen LogP contribution in [0.1, 0.15) is 25.3 Å². The first kappa shape index (κ1) is 13.9. The number of carboxylic acid groups (broad SMARTS) is 1. The van der Waals surface area contributed by atoms with Crippen LogP contribution in [0.25, 0.3) is 0 Å². The van der Waals surface area contributed by atoms with Crippen molar-refractivity contribution >= 4 is 27.6 Å². The summed E-state index contributed by atoms with van der Waals surface area (Å²) in [4.78, 5) is 13.3. The summed E-state index contributed by atoms with van der Waals surface area (Å²) in [5, 5.41) is 18.6. The predicted octanol–water partition coefficient (Wildman–Crippen LogP) is 3.01. The Morgan fingerprint density at radius 3 is 2.95 bits per heavy atom. The highest BCUT2D eigenvalue weighted by Gasteiger charge is 2.32. The summed E-state index contributed by atoms with van der Waals surface area (Å²) in [5.74, 6) is -0.420. The molecule has 0 spiro atoms. The molecule has 5 heteroatoms. The van der Waals surface area contributed by atoms with Crippen molar-refractivity contribution in [2.45, 2.75) is 25.8 Å². The van der Waals surface area contributed by atoms with E-state index in [1.54, 1.807) is 6.07 Å². The minimum atomic E-state index is -0.821. The summed E-state index contributed by atoms with van der Waals surface area (Å²) in [6.45, 7) is 2.74. The quantitative estimate of drug-likeness (QED) is 0.909. The molecule has 1 N–H and O–H groups in total. The van der Waals surface area contributed by atoms with Gasteiger partial charge in [-0.05, 0) is 37.0 Å². The molecule has 0 aromatic heterocycles. The summed E-state index contributed by atoms with van der Waals surface area (Å²) in [6.07, 6.45) is 1.57.